The average molecular weight is 308 g/mol. The molecular weight excluding hydrogens is 296 g/mol. The molecule has 0 bridgehead atoms. The Labute approximate surface area is 95.7 Å². The Morgan fingerprint density at radius 3 is 2.62 bits per heavy atom. The smallest absolute Gasteiger partial charge is 0.124 e. The van der Waals surface area contributed by atoms with Crippen molar-refractivity contribution in [2.45, 2.75) is 19.2 Å². The van der Waals surface area contributed by atoms with Crippen LogP contribution in [0.1, 0.15) is 18.1 Å². The summed E-state index contributed by atoms with van der Waals surface area (Å²) >= 11 is 6.91. The van der Waals surface area contributed by atoms with E-state index >= 15 is 0 Å². The quantitative estimate of drug-likeness (QED) is 0.766. The highest BCUT2D eigenvalue weighted by Gasteiger charge is 2.06. The maximum absolute atomic E-state index is 5.53. The van der Waals surface area contributed by atoms with Crippen LogP contribution in [0.2, 0.25) is 0 Å². The van der Waals surface area contributed by atoms with Crippen molar-refractivity contribution < 1.29 is 4.74 Å². The van der Waals surface area contributed by atoms with Crippen molar-refractivity contribution in [3.8, 4) is 5.75 Å². The number of aryl methyl sites for hydroxylation is 1. The first kappa shape index (κ1) is 11.1. The second-order valence-electron chi connectivity index (χ2n) is 2.77. The number of hydrogen-bond acceptors (Lipinski definition) is 1. The molecule has 0 fully saturated rings. The van der Waals surface area contributed by atoms with Crippen LogP contribution in [0.25, 0.3) is 0 Å². The van der Waals surface area contributed by atoms with Gasteiger partial charge in [0.2, 0.25) is 0 Å². The van der Waals surface area contributed by atoms with Gasteiger partial charge >= 0.3 is 0 Å². The predicted octanol–water partition coefficient (Wildman–Crippen LogP) is 4.05. The number of ether oxygens (including phenoxy) is 1. The zero-order chi connectivity index (χ0) is 9.84. The molecule has 1 rings (SSSR count). The lowest BCUT2D eigenvalue weighted by molar-refractivity contribution is 0.337. The van der Waals surface area contributed by atoms with E-state index in [1.54, 1.807) is 0 Å². The second-order valence-corrected chi connectivity index (χ2v) is 4.24. The van der Waals surface area contributed by atoms with Gasteiger partial charge in [-0.15, -0.1) is 0 Å². The van der Waals surface area contributed by atoms with Crippen LogP contribution < -0.4 is 4.74 Å². The van der Waals surface area contributed by atoms with E-state index in [0.717, 1.165) is 15.6 Å². The van der Waals surface area contributed by atoms with Gasteiger partial charge in [-0.05, 0) is 31.5 Å². The molecule has 0 spiro atoms. The molecule has 0 aliphatic carbocycles. The lowest BCUT2D eigenvalue weighted by Crippen LogP contribution is -1.97. The van der Waals surface area contributed by atoms with Crippen molar-refractivity contribution in [2.75, 3.05) is 6.61 Å². The van der Waals surface area contributed by atoms with Gasteiger partial charge in [-0.3, -0.25) is 0 Å². The Hall–Kier alpha value is -0.0200. The summed E-state index contributed by atoms with van der Waals surface area (Å²) in [6.45, 7) is 4.79. The van der Waals surface area contributed by atoms with Crippen LogP contribution in [0.15, 0.2) is 16.6 Å². The highest BCUT2D eigenvalue weighted by atomic mass is 79.9. The second kappa shape index (κ2) is 5.01. The van der Waals surface area contributed by atoms with Gasteiger partial charge in [-0.2, -0.15) is 0 Å². The molecule has 0 N–H and O–H groups in total. The first-order valence-corrected chi connectivity index (χ1v) is 6.08. The molecule has 1 nitrogen and oxygen atoms in total. The molecule has 0 atom stereocenters. The molecule has 0 radical (unpaired) electrons. The fourth-order valence-electron chi connectivity index (χ4n) is 1.20. The number of benzene rings is 1. The van der Waals surface area contributed by atoms with E-state index < -0.39 is 0 Å². The summed E-state index contributed by atoms with van der Waals surface area (Å²) in [5.74, 6) is 0.964. The Morgan fingerprint density at radius 2 is 2.08 bits per heavy atom. The van der Waals surface area contributed by atoms with Gasteiger partial charge in [0.15, 0.2) is 0 Å². The standard InChI is InChI=1S/C10H12Br2O/c1-3-13-10-5-8(12)4-7(2)9(10)6-11/h4-5H,3,6H2,1-2H3. The monoisotopic (exact) mass is 306 g/mol. The van der Waals surface area contributed by atoms with E-state index in [4.69, 9.17) is 4.74 Å². The number of hydrogen-bond donors (Lipinski definition) is 0. The molecule has 0 heterocycles. The summed E-state index contributed by atoms with van der Waals surface area (Å²) < 4.78 is 6.60. The molecule has 0 unspecified atom stereocenters. The highest BCUT2D eigenvalue weighted by Crippen LogP contribution is 2.29. The lowest BCUT2D eigenvalue weighted by Gasteiger charge is -2.11. The predicted molar refractivity (Wildman–Crippen MR) is 62.7 cm³/mol. The summed E-state index contributed by atoms with van der Waals surface area (Å²) in [5.41, 5.74) is 2.47. The van der Waals surface area contributed by atoms with E-state index in [0.29, 0.717) is 6.61 Å². The number of rotatable bonds is 3. The topological polar surface area (TPSA) is 9.23 Å². The van der Waals surface area contributed by atoms with Crippen LogP contribution in [0.5, 0.6) is 5.75 Å². The van der Waals surface area contributed by atoms with E-state index in [-0.39, 0.29) is 0 Å². The van der Waals surface area contributed by atoms with Crippen molar-refractivity contribution in [1.82, 2.24) is 0 Å². The van der Waals surface area contributed by atoms with Crippen LogP contribution in [0.4, 0.5) is 0 Å². The summed E-state index contributed by atoms with van der Waals surface area (Å²) in [5, 5.41) is 0.835. The minimum Gasteiger partial charge on any atom is -0.494 e. The molecular formula is C10H12Br2O. The fourth-order valence-corrected chi connectivity index (χ4v) is 2.47. The largest absolute Gasteiger partial charge is 0.494 e. The minimum absolute atomic E-state index is 0.704. The molecule has 0 saturated heterocycles. The van der Waals surface area contributed by atoms with Crippen LogP contribution in [0.3, 0.4) is 0 Å². The van der Waals surface area contributed by atoms with Crippen LogP contribution >= 0.6 is 31.9 Å². The normalized spacial score (nSPS) is 10.2. The average Bonchev–Trinajstić information content (AvgIpc) is 2.04. The third-order valence-corrected chi connectivity index (χ3v) is 2.85. The molecule has 0 aromatic heterocycles. The molecule has 1 aromatic rings. The summed E-state index contributed by atoms with van der Waals surface area (Å²) in [7, 11) is 0. The van der Waals surface area contributed by atoms with E-state index in [2.05, 4.69) is 44.8 Å². The molecule has 0 aliphatic heterocycles. The van der Waals surface area contributed by atoms with Crippen molar-refractivity contribution in [3.63, 3.8) is 0 Å². The van der Waals surface area contributed by atoms with E-state index in [1.807, 2.05) is 13.0 Å². The van der Waals surface area contributed by atoms with E-state index in [1.165, 1.54) is 11.1 Å². The molecule has 0 aliphatic rings. The van der Waals surface area contributed by atoms with E-state index in [9.17, 15) is 0 Å². The minimum atomic E-state index is 0.704. The summed E-state index contributed by atoms with van der Waals surface area (Å²) in [6, 6.07) is 4.10. The Balaban J connectivity index is 3.13. The fraction of sp³-hybridized carbons (Fsp3) is 0.400. The zero-order valence-corrected chi connectivity index (χ0v) is 10.9. The van der Waals surface area contributed by atoms with Gasteiger partial charge in [-0.1, -0.05) is 31.9 Å². The first-order valence-electron chi connectivity index (χ1n) is 4.16. The lowest BCUT2D eigenvalue weighted by atomic mass is 10.1. The van der Waals surface area contributed by atoms with Crippen LogP contribution in [0, 0.1) is 6.92 Å². The van der Waals surface area contributed by atoms with Crippen molar-refractivity contribution in [1.29, 1.82) is 0 Å². The maximum Gasteiger partial charge on any atom is 0.124 e. The molecule has 72 valence electrons. The third-order valence-electron chi connectivity index (χ3n) is 1.83. The molecule has 3 heteroatoms. The van der Waals surface area contributed by atoms with Crippen LogP contribution in [-0.2, 0) is 5.33 Å². The highest BCUT2D eigenvalue weighted by molar-refractivity contribution is 9.10. The Morgan fingerprint density at radius 1 is 1.38 bits per heavy atom. The molecule has 0 amide bonds. The number of halogens is 2. The molecule has 0 saturated carbocycles. The van der Waals surface area contributed by atoms with Gasteiger partial charge in [0.25, 0.3) is 0 Å². The Bertz CT molecular complexity index is 297. The first-order chi connectivity index (χ1) is 6.19. The summed E-state index contributed by atoms with van der Waals surface area (Å²) in [4.78, 5) is 0. The third kappa shape index (κ3) is 2.71. The van der Waals surface area contributed by atoms with Gasteiger partial charge in [0.05, 0.1) is 6.61 Å². The molecule has 13 heavy (non-hydrogen) atoms. The maximum atomic E-state index is 5.53. The Kier molecular flexibility index (Phi) is 4.26. The number of alkyl halides is 1. The van der Waals surface area contributed by atoms with Crippen LogP contribution in [-0.4, -0.2) is 6.61 Å². The van der Waals surface area contributed by atoms with Gasteiger partial charge in [0.1, 0.15) is 5.75 Å². The van der Waals surface area contributed by atoms with Crippen molar-refractivity contribution in [2.24, 2.45) is 0 Å². The van der Waals surface area contributed by atoms with Gasteiger partial charge in [-0.25, -0.2) is 0 Å². The summed E-state index contributed by atoms with van der Waals surface area (Å²) in [6.07, 6.45) is 0. The SMILES string of the molecule is CCOc1cc(Br)cc(C)c1CBr. The van der Waals surface area contributed by atoms with Crippen molar-refractivity contribution >= 4 is 31.9 Å². The van der Waals surface area contributed by atoms with Gasteiger partial charge in [0, 0.05) is 15.4 Å². The van der Waals surface area contributed by atoms with Crippen molar-refractivity contribution in [3.05, 3.63) is 27.7 Å². The molecule has 1 aromatic carbocycles. The zero-order valence-electron chi connectivity index (χ0n) is 7.73. The van der Waals surface area contributed by atoms with Gasteiger partial charge < -0.3 is 4.74 Å².